The van der Waals surface area contributed by atoms with Crippen molar-refractivity contribution < 1.29 is 23.1 Å². The highest BCUT2D eigenvalue weighted by Gasteiger charge is 2.46. The Morgan fingerprint density at radius 1 is 1.53 bits per heavy atom. The quantitative estimate of drug-likeness (QED) is 0.818. The predicted molar refractivity (Wildman–Crippen MR) is 56.7 cm³/mol. The van der Waals surface area contributed by atoms with Gasteiger partial charge in [-0.25, -0.2) is 0 Å². The molecule has 0 aromatic rings. The first kappa shape index (κ1) is 14.3. The lowest BCUT2D eigenvalue weighted by Gasteiger charge is -2.28. The molecule has 0 spiro atoms. The zero-order chi connectivity index (χ0) is 13.1. The molecule has 1 fully saturated rings. The summed E-state index contributed by atoms with van der Waals surface area (Å²) in [6, 6.07) is -1.83. The molecule has 2 atom stereocenters. The van der Waals surface area contributed by atoms with E-state index in [2.05, 4.69) is 0 Å². The molecule has 1 aliphatic heterocycles. The zero-order valence-corrected chi connectivity index (χ0v) is 9.83. The molecule has 0 saturated carbocycles. The van der Waals surface area contributed by atoms with Gasteiger partial charge < -0.3 is 5.11 Å². The highest BCUT2D eigenvalue weighted by molar-refractivity contribution is 5.67. The highest BCUT2D eigenvalue weighted by Crippen LogP contribution is 2.32. The molecule has 1 rings (SSSR count). The Labute approximate surface area is 98.6 Å². The predicted octanol–water partition coefficient (Wildman–Crippen LogP) is 2.51. The Morgan fingerprint density at radius 2 is 2.18 bits per heavy atom. The van der Waals surface area contributed by atoms with E-state index in [0.29, 0.717) is 13.1 Å². The number of nitrogens with zero attached hydrogens (tertiary/aromatic N) is 1. The maximum atomic E-state index is 12.7. The number of hydrogen-bond acceptors (Lipinski definition) is 2. The van der Waals surface area contributed by atoms with Gasteiger partial charge in [0.2, 0.25) is 0 Å². The lowest BCUT2D eigenvalue weighted by molar-refractivity contribution is -0.188. The summed E-state index contributed by atoms with van der Waals surface area (Å²) in [4.78, 5) is 11.8. The van der Waals surface area contributed by atoms with Gasteiger partial charge in [0.05, 0.1) is 6.42 Å². The van der Waals surface area contributed by atoms with Crippen molar-refractivity contribution in [2.45, 2.75) is 44.8 Å². The molecule has 0 aromatic heterocycles. The van der Waals surface area contributed by atoms with Crippen LogP contribution in [0.4, 0.5) is 13.2 Å². The van der Waals surface area contributed by atoms with E-state index in [1.807, 2.05) is 6.92 Å². The van der Waals surface area contributed by atoms with Crippen LogP contribution in [0.1, 0.15) is 32.6 Å². The molecular weight excluding hydrogens is 235 g/mol. The van der Waals surface area contributed by atoms with Crippen molar-refractivity contribution >= 4 is 5.97 Å². The van der Waals surface area contributed by atoms with E-state index in [4.69, 9.17) is 5.11 Å². The van der Waals surface area contributed by atoms with Crippen LogP contribution < -0.4 is 0 Å². The normalized spacial score (nSPS) is 23.9. The van der Waals surface area contributed by atoms with Gasteiger partial charge in [0.1, 0.15) is 6.04 Å². The summed E-state index contributed by atoms with van der Waals surface area (Å²) in [5.74, 6) is -1.12. The monoisotopic (exact) mass is 253 g/mol. The van der Waals surface area contributed by atoms with Crippen LogP contribution in [0.15, 0.2) is 0 Å². The Balaban J connectivity index is 2.63. The molecule has 1 heterocycles. The van der Waals surface area contributed by atoms with Crippen LogP contribution in [0, 0.1) is 5.92 Å². The fraction of sp³-hybridized carbons (Fsp3) is 0.909. The second-order valence-electron chi connectivity index (χ2n) is 4.59. The van der Waals surface area contributed by atoms with Gasteiger partial charge in [-0.3, -0.25) is 9.69 Å². The molecule has 0 aromatic carbocycles. The summed E-state index contributed by atoms with van der Waals surface area (Å²) in [6.45, 7) is 2.72. The largest absolute Gasteiger partial charge is 0.481 e. The van der Waals surface area contributed by atoms with E-state index in [1.54, 1.807) is 0 Å². The smallest absolute Gasteiger partial charge is 0.404 e. The Kier molecular flexibility index (Phi) is 4.80. The van der Waals surface area contributed by atoms with E-state index in [9.17, 15) is 18.0 Å². The number of halogens is 3. The van der Waals surface area contributed by atoms with E-state index >= 15 is 0 Å². The van der Waals surface area contributed by atoms with Gasteiger partial charge in [-0.1, -0.05) is 13.3 Å². The molecule has 6 heteroatoms. The highest BCUT2D eigenvalue weighted by atomic mass is 19.4. The van der Waals surface area contributed by atoms with E-state index in [1.165, 1.54) is 4.90 Å². The van der Waals surface area contributed by atoms with Crippen molar-refractivity contribution in [3.05, 3.63) is 0 Å². The minimum atomic E-state index is -4.46. The van der Waals surface area contributed by atoms with Crippen molar-refractivity contribution in [2.75, 3.05) is 13.1 Å². The van der Waals surface area contributed by atoms with E-state index in [0.717, 1.165) is 19.3 Å². The van der Waals surface area contributed by atoms with Crippen LogP contribution in [0.2, 0.25) is 0 Å². The number of alkyl halides is 3. The molecule has 100 valence electrons. The summed E-state index contributed by atoms with van der Waals surface area (Å²) < 4.78 is 38.2. The number of aliphatic carboxylic acids is 1. The van der Waals surface area contributed by atoms with Crippen LogP contribution >= 0.6 is 0 Å². The summed E-state index contributed by atoms with van der Waals surface area (Å²) >= 11 is 0. The van der Waals surface area contributed by atoms with Crippen LogP contribution in [0.5, 0.6) is 0 Å². The van der Waals surface area contributed by atoms with E-state index < -0.39 is 24.6 Å². The van der Waals surface area contributed by atoms with Crippen LogP contribution in [0.25, 0.3) is 0 Å². The maximum absolute atomic E-state index is 12.7. The molecule has 17 heavy (non-hydrogen) atoms. The molecule has 0 radical (unpaired) electrons. The number of likely N-dealkylation sites (tertiary alicyclic amines) is 1. The lowest BCUT2D eigenvalue weighted by Crippen LogP contribution is -2.45. The summed E-state index contributed by atoms with van der Waals surface area (Å²) in [6.07, 6.45) is -2.72. The third-order valence-corrected chi connectivity index (χ3v) is 3.20. The van der Waals surface area contributed by atoms with Gasteiger partial charge in [0.25, 0.3) is 0 Å². The Hall–Kier alpha value is -0.780. The maximum Gasteiger partial charge on any atom is 0.404 e. The molecule has 1 N–H and O–H groups in total. The third-order valence-electron chi connectivity index (χ3n) is 3.20. The standard InChI is InChI=1S/C11H18F3NO2/c1-2-3-8-4-5-15(7-8)9(6-10(16)17)11(12,13)14/h8-9H,2-7H2,1H3,(H,16,17). The van der Waals surface area contributed by atoms with Gasteiger partial charge in [0, 0.05) is 6.54 Å². The van der Waals surface area contributed by atoms with Gasteiger partial charge >= 0.3 is 12.1 Å². The topological polar surface area (TPSA) is 40.5 Å². The van der Waals surface area contributed by atoms with Crippen LogP contribution in [0.3, 0.4) is 0 Å². The average molecular weight is 253 g/mol. The first-order chi connectivity index (χ1) is 7.84. The lowest BCUT2D eigenvalue weighted by atomic mass is 10.0. The number of rotatable bonds is 5. The van der Waals surface area contributed by atoms with Crippen molar-refractivity contribution in [1.29, 1.82) is 0 Å². The van der Waals surface area contributed by atoms with Gasteiger partial charge in [-0.15, -0.1) is 0 Å². The second-order valence-corrected chi connectivity index (χ2v) is 4.59. The first-order valence-corrected chi connectivity index (χ1v) is 5.87. The van der Waals surface area contributed by atoms with Crippen molar-refractivity contribution in [2.24, 2.45) is 5.92 Å². The summed E-state index contributed by atoms with van der Waals surface area (Å²) in [7, 11) is 0. The number of carboxylic acids is 1. The molecule has 0 bridgehead atoms. The molecule has 0 amide bonds. The van der Waals surface area contributed by atoms with Crippen molar-refractivity contribution in [1.82, 2.24) is 4.90 Å². The van der Waals surface area contributed by atoms with Gasteiger partial charge in [0.15, 0.2) is 0 Å². The zero-order valence-electron chi connectivity index (χ0n) is 9.83. The fourth-order valence-electron chi connectivity index (χ4n) is 2.41. The molecule has 2 unspecified atom stereocenters. The number of carboxylic acid groups (broad SMARTS) is 1. The molecule has 1 aliphatic rings. The summed E-state index contributed by atoms with van der Waals surface area (Å²) in [5.41, 5.74) is 0. The van der Waals surface area contributed by atoms with Crippen LogP contribution in [-0.4, -0.2) is 41.3 Å². The fourth-order valence-corrected chi connectivity index (χ4v) is 2.41. The molecular formula is C11H18F3NO2. The van der Waals surface area contributed by atoms with Crippen molar-refractivity contribution in [3.63, 3.8) is 0 Å². The Bertz CT molecular complexity index is 268. The third kappa shape index (κ3) is 4.18. The number of carbonyl (C=O) groups is 1. The van der Waals surface area contributed by atoms with Gasteiger partial charge in [-0.2, -0.15) is 13.2 Å². The molecule has 1 saturated heterocycles. The number of hydrogen-bond donors (Lipinski definition) is 1. The molecule has 0 aliphatic carbocycles. The Morgan fingerprint density at radius 3 is 2.65 bits per heavy atom. The average Bonchev–Trinajstić information content (AvgIpc) is 2.61. The SMILES string of the molecule is CCCC1CCN(C(CC(=O)O)C(F)(F)F)C1. The van der Waals surface area contributed by atoms with Gasteiger partial charge in [-0.05, 0) is 25.3 Å². The minimum Gasteiger partial charge on any atom is -0.481 e. The second kappa shape index (κ2) is 5.71. The minimum absolute atomic E-state index is 0.277. The summed E-state index contributed by atoms with van der Waals surface area (Å²) in [5, 5.41) is 8.55. The van der Waals surface area contributed by atoms with Crippen LogP contribution in [-0.2, 0) is 4.79 Å². The first-order valence-electron chi connectivity index (χ1n) is 5.87. The van der Waals surface area contributed by atoms with E-state index in [-0.39, 0.29) is 5.92 Å². The molecule has 3 nitrogen and oxygen atoms in total. The van der Waals surface area contributed by atoms with Crippen molar-refractivity contribution in [3.8, 4) is 0 Å².